The molecule has 3 heterocycles. The highest BCUT2D eigenvalue weighted by Gasteiger charge is 2.53. The summed E-state index contributed by atoms with van der Waals surface area (Å²) >= 11 is 1.48. The Bertz CT molecular complexity index is 761. The molecule has 2 atom stereocenters. The van der Waals surface area contributed by atoms with Gasteiger partial charge in [0.1, 0.15) is 22.8 Å². The third-order valence-corrected chi connectivity index (χ3v) is 5.08. The second-order valence-corrected chi connectivity index (χ2v) is 6.15. The Balaban J connectivity index is 1.66. The van der Waals surface area contributed by atoms with E-state index in [4.69, 9.17) is 9.52 Å². The summed E-state index contributed by atoms with van der Waals surface area (Å²) in [6.07, 6.45) is 1.72. The summed E-state index contributed by atoms with van der Waals surface area (Å²) in [6, 6.07) is 8.81. The molecule has 0 bridgehead atoms. The van der Waals surface area contributed by atoms with Crippen molar-refractivity contribution in [2.45, 2.75) is 11.4 Å². The predicted octanol–water partition coefficient (Wildman–Crippen LogP) is 2.18. The quantitative estimate of drug-likeness (QED) is 0.680. The fraction of sp³-hybridized carbons (Fsp3) is 0.200. The van der Waals surface area contributed by atoms with Crippen molar-refractivity contribution < 1.29 is 19.1 Å². The Hall–Kier alpha value is -2.21. The number of furan rings is 1. The van der Waals surface area contributed by atoms with Crippen LogP contribution in [0.25, 0.3) is 17.0 Å². The summed E-state index contributed by atoms with van der Waals surface area (Å²) in [7, 11) is 0. The van der Waals surface area contributed by atoms with Crippen LogP contribution in [0.1, 0.15) is 5.76 Å². The number of aliphatic carboxylic acids is 1. The largest absolute Gasteiger partial charge is 0.480 e. The average Bonchev–Trinajstić information content (AvgIpc) is 3.05. The van der Waals surface area contributed by atoms with Gasteiger partial charge in [0.05, 0.1) is 5.57 Å². The second kappa shape index (κ2) is 4.39. The first kappa shape index (κ1) is 12.5. The Kier molecular flexibility index (Phi) is 2.62. The summed E-state index contributed by atoms with van der Waals surface area (Å²) in [5.74, 6) is -0.0963. The number of hydrogen-bond acceptors (Lipinski definition) is 4. The van der Waals surface area contributed by atoms with Gasteiger partial charge in [0.15, 0.2) is 0 Å². The maximum Gasteiger partial charge on any atom is 0.327 e. The molecule has 4 rings (SSSR count). The van der Waals surface area contributed by atoms with Gasteiger partial charge in [-0.05, 0) is 18.2 Å². The Morgan fingerprint density at radius 2 is 2.24 bits per heavy atom. The number of thioether (sulfide) groups is 1. The van der Waals surface area contributed by atoms with Crippen molar-refractivity contribution in [1.82, 2.24) is 4.90 Å². The molecule has 1 aromatic carbocycles. The number of hydrogen-bond donors (Lipinski definition) is 1. The van der Waals surface area contributed by atoms with E-state index in [9.17, 15) is 9.59 Å². The second-order valence-electron chi connectivity index (χ2n) is 5.04. The number of para-hydroxylation sites is 1. The van der Waals surface area contributed by atoms with Crippen molar-refractivity contribution in [2.75, 3.05) is 5.75 Å². The lowest BCUT2D eigenvalue weighted by Crippen LogP contribution is -2.56. The molecular weight excluding hydrogens is 290 g/mol. The first-order valence-electron chi connectivity index (χ1n) is 6.52. The number of carboxylic acids is 1. The first-order valence-corrected chi connectivity index (χ1v) is 7.57. The molecule has 2 aromatic rings. The lowest BCUT2D eigenvalue weighted by molar-refractivity contribution is -0.150. The summed E-state index contributed by atoms with van der Waals surface area (Å²) in [5, 5.41) is 9.90. The van der Waals surface area contributed by atoms with Gasteiger partial charge in [-0.3, -0.25) is 4.79 Å². The number of benzene rings is 1. The number of fused-ring (bicyclic) bond motifs is 2. The minimum atomic E-state index is -0.943. The Labute approximate surface area is 124 Å². The van der Waals surface area contributed by atoms with Crippen LogP contribution < -0.4 is 0 Å². The number of nitrogens with zero attached hydrogens (tertiary/aromatic N) is 1. The Morgan fingerprint density at radius 1 is 1.43 bits per heavy atom. The van der Waals surface area contributed by atoms with Crippen molar-refractivity contribution in [3.63, 3.8) is 0 Å². The van der Waals surface area contributed by atoms with E-state index in [1.165, 1.54) is 16.7 Å². The fourth-order valence-corrected chi connectivity index (χ4v) is 4.15. The monoisotopic (exact) mass is 301 g/mol. The van der Waals surface area contributed by atoms with E-state index in [1.54, 1.807) is 6.08 Å². The molecule has 1 aromatic heterocycles. The average molecular weight is 301 g/mol. The van der Waals surface area contributed by atoms with Crippen LogP contribution in [0.5, 0.6) is 0 Å². The van der Waals surface area contributed by atoms with Gasteiger partial charge in [0.2, 0.25) is 0 Å². The highest BCUT2D eigenvalue weighted by atomic mass is 32.2. The van der Waals surface area contributed by atoms with E-state index in [0.717, 1.165) is 11.0 Å². The highest BCUT2D eigenvalue weighted by molar-refractivity contribution is 8.00. The molecule has 2 aliphatic heterocycles. The van der Waals surface area contributed by atoms with E-state index < -0.39 is 12.0 Å². The summed E-state index contributed by atoms with van der Waals surface area (Å²) in [6.45, 7) is 0. The van der Waals surface area contributed by atoms with Gasteiger partial charge in [-0.1, -0.05) is 18.2 Å². The number of carbonyl (C=O) groups is 2. The highest BCUT2D eigenvalue weighted by Crippen LogP contribution is 2.44. The molecule has 0 radical (unpaired) electrons. The Morgan fingerprint density at radius 3 is 3.00 bits per heavy atom. The van der Waals surface area contributed by atoms with Gasteiger partial charge in [-0.15, -0.1) is 11.8 Å². The third-order valence-electron chi connectivity index (χ3n) is 3.78. The molecule has 1 unspecified atom stereocenters. The molecule has 106 valence electrons. The van der Waals surface area contributed by atoms with E-state index in [2.05, 4.69) is 0 Å². The summed E-state index contributed by atoms with van der Waals surface area (Å²) in [4.78, 5) is 24.6. The van der Waals surface area contributed by atoms with Gasteiger partial charge in [0.25, 0.3) is 5.91 Å². The number of amides is 1. The van der Waals surface area contributed by atoms with E-state index in [1.807, 2.05) is 30.3 Å². The molecule has 0 saturated carbocycles. The molecule has 2 fully saturated rings. The van der Waals surface area contributed by atoms with Gasteiger partial charge in [0, 0.05) is 11.1 Å². The third kappa shape index (κ3) is 1.79. The van der Waals surface area contributed by atoms with Crippen LogP contribution in [-0.2, 0) is 9.59 Å². The standard InChI is InChI=1S/C15H11NO4S/c17-13-10(14-16(13)11(7-21-14)15(18)19)6-9-5-8-3-1-2-4-12(8)20-9/h1-6,11,14H,7H2,(H,18,19)/t11?,14-/m1/s1. The normalized spacial score (nSPS) is 26.2. The number of rotatable bonds is 2. The van der Waals surface area contributed by atoms with Crippen LogP contribution in [0.15, 0.2) is 40.3 Å². The molecule has 6 heteroatoms. The smallest absolute Gasteiger partial charge is 0.327 e. The van der Waals surface area contributed by atoms with Crippen molar-refractivity contribution in [2.24, 2.45) is 0 Å². The van der Waals surface area contributed by atoms with Crippen LogP contribution in [0.3, 0.4) is 0 Å². The van der Waals surface area contributed by atoms with Crippen molar-refractivity contribution in [1.29, 1.82) is 0 Å². The van der Waals surface area contributed by atoms with Crippen molar-refractivity contribution in [3.05, 3.63) is 41.7 Å². The van der Waals surface area contributed by atoms with Crippen LogP contribution in [0.4, 0.5) is 0 Å². The van der Waals surface area contributed by atoms with Crippen LogP contribution in [0, 0.1) is 0 Å². The summed E-state index contributed by atoms with van der Waals surface area (Å²) < 4.78 is 5.67. The maximum absolute atomic E-state index is 12.1. The zero-order valence-electron chi connectivity index (χ0n) is 10.9. The molecule has 1 N–H and O–H groups in total. The minimum Gasteiger partial charge on any atom is -0.480 e. The minimum absolute atomic E-state index is 0.160. The van der Waals surface area contributed by atoms with Gasteiger partial charge in [-0.2, -0.15) is 0 Å². The summed E-state index contributed by atoms with van der Waals surface area (Å²) in [5.41, 5.74) is 1.39. The molecule has 1 amide bonds. The number of carbonyl (C=O) groups excluding carboxylic acids is 1. The molecule has 0 aliphatic carbocycles. The van der Waals surface area contributed by atoms with Gasteiger partial charge < -0.3 is 14.4 Å². The lowest BCUT2D eigenvalue weighted by atomic mass is 10.0. The lowest BCUT2D eigenvalue weighted by Gasteiger charge is -2.38. The molecule has 21 heavy (non-hydrogen) atoms. The SMILES string of the molecule is O=C(O)C1CS[C@@H]2C(=Cc3cc4ccccc4o3)C(=O)N12. The first-order chi connectivity index (χ1) is 10.1. The topological polar surface area (TPSA) is 70.7 Å². The van der Waals surface area contributed by atoms with E-state index in [-0.39, 0.29) is 11.3 Å². The molecule has 0 spiro atoms. The van der Waals surface area contributed by atoms with Crippen LogP contribution >= 0.6 is 11.8 Å². The predicted molar refractivity (Wildman–Crippen MR) is 78.7 cm³/mol. The number of β-lactam (4-membered cyclic amide) rings is 1. The maximum atomic E-state index is 12.1. The van der Waals surface area contributed by atoms with E-state index in [0.29, 0.717) is 17.1 Å². The van der Waals surface area contributed by atoms with E-state index >= 15 is 0 Å². The molecule has 5 nitrogen and oxygen atoms in total. The van der Waals surface area contributed by atoms with Crippen LogP contribution in [-0.4, -0.2) is 39.1 Å². The zero-order valence-corrected chi connectivity index (χ0v) is 11.7. The van der Waals surface area contributed by atoms with Crippen LogP contribution in [0.2, 0.25) is 0 Å². The zero-order chi connectivity index (χ0) is 14.6. The molecule has 2 saturated heterocycles. The number of carboxylic acid groups (broad SMARTS) is 1. The van der Waals surface area contributed by atoms with Gasteiger partial charge >= 0.3 is 5.97 Å². The van der Waals surface area contributed by atoms with Crippen molar-refractivity contribution >= 4 is 40.7 Å². The molecule has 2 aliphatic rings. The van der Waals surface area contributed by atoms with Gasteiger partial charge in [-0.25, -0.2) is 4.79 Å². The molecular formula is C15H11NO4S. The van der Waals surface area contributed by atoms with Crippen molar-refractivity contribution in [3.8, 4) is 0 Å². The fourth-order valence-electron chi connectivity index (χ4n) is 2.73.